The van der Waals surface area contributed by atoms with Gasteiger partial charge in [0.25, 0.3) is 0 Å². The average molecular weight is 244 g/mol. The summed E-state index contributed by atoms with van der Waals surface area (Å²) >= 11 is 0. The Morgan fingerprint density at radius 3 is 2.65 bits per heavy atom. The molecule has 0 aromatic carbocycles. The molecule has 0 aromatic heterocycles. The molecule has 0 saturated carbocycles. The molecule has 2 N–H and O–H groups in total. The van der Waals surface area contributed by atoms with Crippen LogP contribution in [0.5, 0.6) is 0 Å². The van der Waals surface area contributed by atoms with E-state index in [1.54, 1.807) is 12.2 Å². The Labute approximate surface area is 103 Å². The van der Waals surface area contributed by atoms with Gasteiger partial charge in [-0.3, -0.25) is 4.79 Å². The Morgan fingerprint density at radius 1 is 1.35 bits per heavy atom. The Balaban J connectivity index is 3.60. The summed E-state index contributed by atoms with van der Waals surface area (Å²) in [5.41, 5.74) is 0. The molecule has 0 heterocycles. The van der Waals surface area contributed by atoms with Crippen molar-refractivity contribution in [1.29, 1.82) is 0 Å². The number of methoxy groups -OCH3 is 1. The van der Waals surface area contributed by atoms with Gasteiger partial charge in [0.05, 0.1) is 19.3 Å². The fourth-order valence-electron chi connectivity index (χ4n) is 1.50. The highest BCUT2D eigenvalue weighted by Gasteiger charge is 2.04. The summed E-state index contributed by atoms with van der Waals surface area (Å²) in [5, 5.41) is 19.0. The highest BCUT2D eigenvalue weighted by atomic mass is 16.5. The Hall–Kier alpha value is -0.870. The van der Waals surface area contributed by atoms with Gasteiger partial charge in [0, 0.05) is 6.42 Å². The summed E-state index contributed by atoms with van der Waals surface area (Å²) in [4.78, 5) is 10.8. The Morgan fingerprint density at radius 2 is 2.06 bits per heavy atom. The van der Waals surface area contributed by atoms with Crippen LogP contribution < -0.4 is 0 Å². The van der Waals surface area contributed by atoms with Crippen molar-refractivity contribution in [1.82, 2.24) is 0 Å². The van der Waals surface area contributed by atoms with Crippen LogP contribution in [0.4, 0.5) is 0 Å². The van der Waals surface area contributed by atoms with Crippen LogP contribution in [0.2, 0.25) is 0 Å². The van der Waals surface area contributed by atoms with Crippen molar-refractivity contribution in [3.05, 3.63) is 12.2 Å². The minimum Gasteiger partial charge on any atom is -0.469 e. The minimum atomic E-state index is -0.548. The Bertz CT molecular complexity index is 225. The first kappa shape index (κ1) is 16.1. The van der Waals surface area contributed by atoms with Crippen LogP contribution in [0.1, 0.15) is 45.4 Å². The third kappa shape index (κ3) is 10.0. The second-order valence-corrected chi connectivity index (χ2v) is 4.14. The van der Waals surface area contributed by atoms with E-state index < -0.39 is 6.10 Å². The number of rotatable bonds is 9. The zero-order valence-electron chi connectivity index (χ0n) is 10.8. The summed E-state index contributed by atoms with van der Waals surface area (Å²) in [5.74, 6) is -0.250. The van der Waals surface area contributed by atoms with Crippen molar-refractivity contribution in [2.45, 2.75) is 57.7 Å². The molecule has 2 unspecified atom stereocenters. The highest BCUT2D eigenvalue weighted by molar-refractivity contribution is 5.68. The number of carbonyl (C=O) groups excluding carboxylic acids is 1. The fourth-order valence-corrected chi connectivity index (χ4v) is 1.50. The van der Waals surface area contributed by atoms with Gasteiger partial charge in [0.2, 0.25) is 0 Å². The predicted molar refractivity (Wildman–Crippen MR) is 66.5 cm³/mol. The minimum absolute atomic E-state index is 0.250. The first-order valence-electron chi connectivity index (χ1n) is 6.19. The van der Waals surface area contributed by atoms with Crippen LogP contribution in [0.15, 0.2) is 12.2 Å². The van der Waals surface area contributed by atoms with E-state index in [1.165, 1.54) is 7.11 Å². The van der Waals surface area contributed by atoms with Crippen molar-refractivity contribution >= 4 is 5.97 Å². The number of carbonyl (C=O) groups is 1. The average Bonchev–Trinajstić information content (AvgIpc) is 2.29. The maximum Gasteiger partial charge on any atom is 0.305 e. The van der Waals surface area contributed by atoms with Gasteiger partial charge in [0.15, 0.2) is 0 Å². The van der Waals surface area contributed by atoms with Gasteiger partial charge >= 0.3 is 5.97 Å². The van der Waals surface area contributed by atoms with Gasteiger partial charge in [-0.05, 0) is 25.7 Å². The maximum atomic E-state index is 10.8. The lowest BCUT2D eigenvalue weighted by molar-refractivity contribution is -0.140. The lowest BCUT2D eigenvalue weighted by Gasteiger charge is -2.07. The molecule has 0 radical (unpaired) electrons. The first-order chi connectivity index (χ1) is 8.10. The van der Waals surface area contributed by atoms with Crippen molar-refractivity contribution in [3.63, 3.8) is 0 Å². The summed E-state index contributed by atoms with van der Waals surface area (Å²) < 4.78 is 4.50. The largest absolute Gasteiger partial charge is 0.469 e. The highest BCUT2D eigenvalue weighted by Crippen LogP contribution is 2.06. The van der Waals surface area contributed by atoms with E-state index >= 15 is 0 Å². The molecule has 2 atom stereocenters. The van der Waals surface area contributed by atoms with E-state index in [4.69, 9.17) is 0 Å². The SMILES string of the molecule is CCCC(O)CC=CC(O)CCCC(=O)OC. The zero-order chi connectivity index (χ0) is 13.1. The molecule has 0 bridgehead atoms. The molecular weight excluding hydrogens is 220 g/mol. The second-order valence-electron chi connectivity index (χ2n) is 4.14. The third-order valence-electron chi connectivity index (χ3n) is 2.50. The zero-order valence-corrected chi connectivity index (χ0v) is 10.8. The van der Waals surface area contributed by atoms with E-state index in [2.05, 4.69) is 4.74 Å². The molecule has 0 fully saturated rings. The maximum absolute atomic E-state index is 10.8. The van der Waals surface area contributed by atoms with Crippen molar-refractivity contribution in [2.24, 2.45) is 0 Å². The molecule has 0 rings (SSSR count). The lowest BCUT2D eigenvalue weighted by Crippen LogP contribution is -2.07. The molecule has 4 nitrogen and oxygen atoms in total. The van der Waals surface area contributed by atoms with E-state index in [9.17, 15) is 15.0 Å². The molecule has 100 valence electrons. The molecule has 0 aliphatic carbocycles. The number of esters is 1. The molecule has 4 heteroatoms. The molecule has 0 aromatic rings. The van der Waals surface area contributed by atoms with Crippen LogP contribution in [0.25, 0.3) is 0 Å². The molecule has 17 heavy (non-hydrogen) atoms. The van der Waals surface area contributed by atoms with Crippen molar-refractivity contribution < 1.29 is 19.7 Å². The number of hydrogen-bond acceptors (Lipinski definition) is 4. The quantitative estimate of drug-likeness (QED) is 0.479. The lowest BCUT2D eigenvalue weighted by atomic mass is 10.1. The number of aliphatic hydroxyl groups is 2. The van der Waals surface area contributed by atoms with Crippen LogP contribution in [0, 0.1) is 0 Å². The topological polar surface area (TPSA) is 66.8 Å². The van der Waals surface area contributed by atoms with Gasteiger partial charge in [-0.25, -0.2) is 0 Å². The molecule has 0 aliphatic rings. The van der Waals surface area contributed by atoms with E-state index in [0.717, 1.165) is 12.8 Å². The van der Waals surface area contributed by atoms with Gasteiger partial charge in [0.1, 0.15) is 0 Å². The van der Waals surface area contributed by atoms with E-state index in [0.29, 0.717) is 25.7 Å². The van der Waals surface area contributed by atoms with Gasteiger partial charge in [-0.15, -0.1) is 0 Å². The molecular formula is C13H24O4. The summed E-state index contributed by atoms with van der Waals surface area (Å²) in [6, 6.07) is 0. The van der Waals surface area contributed by atoms with Crippen LogP contribution in [-0.4, -0.2) is 35.5 Å². The number of ether oxygens (including phenoxy) is 1. The van der Waals surface area contributed by atoms with E-state index in [1.807, 2.05) is 6.92 Å². The van der Waals surface area contributed by atoms with Crippen molar-refractivity contribution in [2.75, 3.05) is 7.11 Å². The standard InChI is InChI=1S/C13H24O4/c1-3-6-11(14)7-4-8-12(15)9-5-10-13(16)17-2/h4,8,11-12,14-15H,3,5-7,9-10H2,1-2H3. The monoisotopic (exact) mass is 244 g/mol. The van der Waals surface area contributed by atoms with E-state index in [-0.39, 0.29) is 12.1 Å². The smallest absolute Gasteiger partial charge is 0.305 e. The summed E-state index contributed by atoms with van der Waals surface area (Å²) in [6.07, 6.45) is 6.39. The first-order valence-corrected chi connectivity index (χ1v) is 6.19. The number of hydrogen-bond donors (Lipinski definition) is 2. The molecule has 0 amide bonds. The normalized spacial score (nSPS) is 14.8. The molecule has 0 saturated heterocycles. The van der Waals surface area contributed by atoms with Gasteiger partial charge < -0.3 is 14.9 Å². The van der Waals surface area contributed by atoms with Crippen LogP contribution in [0.3, 0.4) is 0 Å². The predicted octanol–water partition coefficient (Wildman–Crippen LogP) is 1.80. The number of aliphatic hydroxyl groups excluding tert-OH is 2. The summed E-state index contributed by atoms with van der Waals surface area (Å²) in [6.45, 7) is 2.02. The van der Waals surface area contributed by atoms with Crippen molar-refractivity contribution in [3.8, 4) is 0 Å². The molecule has 0 spiro atoms. The van der Waals surface area contributed by atoms with Crippen LogP contribution in [-0.2, 0) is 9.53 Å². The fraction of sp³-hybridized carbons (Fsp3) is 0.769. The third-order valence-corrected chi connectivity index (χ3v) is 2.50. The van der Waals surface area contributed by atoms with Gasteiger partial charge in [-0.1, -0.05) is 25.5 Å². The Kier molecular flexibility index (Phi) is 9.77. The molecule has 0 aliphatic heterocycles. The van der Waals surface area contributed by atoms with Gasteiger partial charge in [-0.2, -0.15) is 0 Å². The summed E-state index contributed by atoms with van der Waals surface area (Å²) in [7, 11) is 1.35. The van der Waals surface area contributed by atoms with Crippen LogP contribution >= 0.6 is 0 Å². The second kappa shape index (κ2) is 10.3.